The number of hydrogen-bond donors (Lipinski definition) is 1. The number of nitro groups is 1. The second-order valence-electron chi connectivity index (χ2n) is 4.33. The van der Waals surface area contributed by atoms with E-state index in [-0.39, 0.29) is 17.0 Å². The van der Waals surface area contributed by atoms with E-state index in [0.29, 0.717) is 12.0 Å². The predicted molar refractivity (Wildman–Crippen MR) is 70.1 cm³/mol. The number of nitrogens with zero attached hydrogens (tertiary/aromatic N) is 1. The second kappa shape index (κ2) is 6.08. The average molecular weight is 264 g/mol. The molecule has 0 saturated carbocycles. The van der Waals surface area contributed by atoms with Crippen LogP contribution in [0.1, 0.15) is 36.2 Å². The molecular weight excluding hydrogens is 248 g/mol. The van der Waals surface area contributed by atoms with Crippen molar-refractivity contribution >= 4 is 17.4 Å². The van der Waals surface area contributed by atoms with Gasteiger partial charge in [0.25, 0.3) is 11.6 Å². The number of Topliss-reactive ketones (excluding diaryl/α,β-unsaturated/α-hetero) is 1. The van der Waals surface area contributed by atoms with Crippen LogP contribution in [0, 0.1) is 17.0 Å². The summed E-state index contributed by atoms with van der Waals surface area (Å²) in [5.41, 5.74) is 0.663. The van der Waals surface area contributed by atoms with E-state index in [1.54, 1.807) is 26.8 Å². The van der Waals surface area contributed by atoms with Gasteiger partial charge in [0.2, 0.25) is 0 Å². The molecule has 0 aliphatic carbocycles. The maximum atomic E-state index is 11.9. The molecule has 6 heteroatoms. The van der Waals surface area contributed by atoms with Crippen LogP contribution in [0.5, 0.6) is 0 Å². The molecule has 1 aromatic rings. The van der Waals surface area contributed by atoms with Gasteiger partial charge in [-0.15, -0.1) is 0 Å². The van der Waals surface area contributed by atoms with Gasteiger partial charge in [0, 0.05) is 24.1 Å². The molecule has 1 atom stereocenters. The fourth-order valence-corrected chi connectivity index (χ4v) is 1.67. The lowest BCUT2D eigenvalue weighted by atomic mass is 10.1. The number of rotatable bonds is 5. The Morgan fingerprint density at radius 3 is 2.53 bits per heavy atom. The van der Waals surface area contributed by atoms with Gasteiger partial charge in [-0.3, -0.25) is 19.7 Å². The maximum absolute atomic E-state index is 11.9. The van der Waals surface area contributed by atoms with Crippen molar-refractivity contribution in [2.45, 2.75) is 33.2 Å². The van der Waals surface area contributed by atoms with Crippen LogP contribution in [0.4, 0.5) is 5.69 Å². The standard InChI is InChI=1S/C13H16N2O4/c1-4-12(16)9(3)14-13(17)10-5-8(2)6-11(7-10)15(18)19/h5-7,9H,4H2,1-3H3,(H,14,17). The summed E-state index contributed by atoms with van der Waals surface area (Å²) in [5.74, 6) is -0.573. The molecule has 0 aliphatic rings. The quantitative estimate of drug-likeness (QED) is 0.650. The lowest BCUT2D eigenvalue weighted by Gasteiger charge is -2.12. The molecule has 0 spiro atoms. The molecule has 0 saturated heterocycles. The van der Waals surface area contributed by atoms with Crippen LogP contribution in [0.15, 0.2) is 18.2 Å². The highest BCUT2D eigenvalue weighted by molar-refractivity contribution is 5.98. The Kier molecular flexibility index (Phi) is 4.74. The smallest absolute Gasteiger partial charge is 0.270 e. The Labute approximate surface area is 111 Å². The van der Waals surface area contributed by atoms with Crippen molar-refractivity contribution in [3.8, 4) is 0 Å². The molecule has 19 heavy (non-hydrogen) atoms. The van der Waals surface area contributed by atoms with Crippen LogP contribution in [-0.4, -0.2) is 22.7 Å². The van der Waals surface area contributed by atoms with Crippen molar-refractivity contribution in [2.24, 2.45) is 0 Å². The van der Waals surface area contributed by atoms with Gasteiger partial charge in [-0.2, -0.15) is 0 Å². The van der Waals surface area contributed by atoms with E-state index in [0.717, 1.165) is 0 Å². The molecule has 102 valence electrons. The summed E-state index contributed by atoms with van der Waals surface area (Å²) in [6.07, 6.45) is 0.329. The van der Waals surface area contributed by atoms with Crippen LogP contribution < -0.4 is 5.32 Å². The van der Waals surface area contributed by atoms with E-state index in [9.17, 15) is 19.7 Å². The molecule has 6 nitrogen and oxygen atoms in total. The molecule has 1 N–H and O–H groups in total. The molecule has 0 aliphatic heterocycles. The Bertz CT molecular complexity index is 525. The second-order valence-corrected chi connectivity index (χ2v) is 4.33. The molecule has 1 amide bonds. The minimum atomic E-state index is -0.600. The topological polar surface area (TPSA) is 89.3 Å². The fraction of sp³-hybridized carbons (Fsp3) is 0.385. The monoisotopic (exact) mass is 264 g/mol. The highest BCUT2D eigenvalue weighted by Crippen LogP contribution is 2.16. The summed E-state index contributed by atoms with van der Waals surface area (Å²) < 4.78 is 0. The van der Waals surface area contributed by atoms with Crippen LogP contribution in [-0.2, 0) is 4.79 Å². The first-order valence-electron chi connectivity index (χ1n) is 5.94. The van der Waals surface area contributed by atoms with Gasteiger partial charge >= 0.3 is 0 Å². The van der Waals surface area contributed by atoms with Gasteiger partial charge in [0.05, 0.1) is 11.0 Å². The molecule has 1 rings (SSSR count). The van der Waals surface area contributed by atoms with E-state index in [1.165, 1.54) is 12.1 Å². The van der Waals surface area contributed by atoms with Gasteiger partial charge in [-0.05, 0) is 25.5 Å². The number of nitrogens with one attached hydrogen (secondary N) is 1. The van der Waals surface area contributed by atoms with Crippen LogP contribution in [0.2, 0.25) is 0 Å². The van der Waals surface area contributed by atoms with E-state index in [4.69, 9.17) is 0 Å². The Balaban J connectivity index is 2.94. The number of carbonyl (C=O) groups is 2. The van der Waals surface area contributed by atoms with E-state index < -0.39 is 16.9 Å². The zero-order valence-electron chi connectivity index (χ0n) is 11.1. The normalized spacial score (nSPS) is 11.7. The minimum Gasteiger partial charge on any atom is -0.343 e. The van der Waals surface area contributed by atoms with Crippen molar-refractivity contribution in [1.29, 1.82) is 0 Å². The third-order valence-electron chi connectivity index (χ3n) is 2.71. The van der Waals surface area contributed by atoms with Crippen molar-refractivity contribution in [1.82, 2.24) is 5.32 Å². The zero-order valence-corrected chi connectivity index (χ0v) is 11.1. The maximum Gasteiger partial charge on any atom is 0.270 e. The van der Waals surface area contributed by atoms with Gasteiger partial charge in [-0.25, -0.2) is 0 Å². The van der Waals surface area contributed by atoms with Crippen molar-refractivity contribution in [2.75, 3.05) is 0 Å². The molecule has 1 unspecified atom stereocenters. The summed E-state index contributed by atoms with van der Waals surface area (Å²) >= 11 is 0. The van der Waals surface area contributed by atoms with E-state index >= 15 is 0 Å². The van der Waals surface area contributed by atoms with Crippen LogP contribution in [0.3, 0.4) is 0 Å². The molecule has 1 aromatic carbocycles. The Morgan fingerprint density at radius 2 is 2.00 bits per heavy atom. The summed E-state index contributed by atoms with van der Waals surface area (Å²) in [4.78, 5) is 33.5. The lowest BCUT2D eigenvalue weighted by Crippen LogP contribution is -2.38. The van der Waals surface area contributed by atoms with Crippen molar-refractivity contribution < 1.29 is 14.5 Å². The van der Waals surface area contributed by atoms with Crippen molar-refractivity contribution in [3.05, 3.63) is 39.4 Å². The number of carbonyl (C=O) groups excluding carboxylic acids is 2. The molecule has 0 heterocycles. The van der Waals surface area contributed by atoms with E-state index in [1.807, 2.05) is 0 Å². The van der Waals surface area contributed by atoms with Gasteiger partial charge in [0.15, 0.2) is 5.78 Å². The highest BCUT2D eigenvalue weighted by atomic mass is 16.6. The third-order valence-corrected chi connectivity index (χ3v) is 2.71. The molecule has 0 bridgehead atoms. The number of non-ortho nitro benzene ring substituents is 1. The first-order chi connectivity index (χ1) is 8.85. The number of amides is 1. The first kappa shape index (κ1) is 14.8. The first-order valence-corrected chi connectivity index (χ1v) is 5.94. The van der Waals surface area contributed by atoms with E-state index in [2.05, 4.69) is 5.32 Å². The number of nitro benzene ring substituents is 1. The number of aryl methyl sites for hydroxylation is 1. The summed E-state index contributed by atoms with van der Waals surface area (Å²) in [6.45, 7) is 4.97. The lowest BCUT2D eigenvalue weighted by molar-refractivity contribution is -0.384. The van der Waals surface area contributed by atoms with Crippen LogP contribution in [0.25, 0.3) is 0 Å². The molecule has 0 radical (unpaired) electrons. The zero-order chi connectivity index (χ0) is 14.6. The largest absolute Gasteiger partial charge is 0.343 e. The number of benzene rings is 1. The van der Waals surface area contributed by atoms with Crippen molar-refractivity contribution in [3.63, 3.8) is 0 Å². The fourth-order valence-electron chi connectivity index (χ4n) is 1.67. The molecule has 0 fully saturated rings. The Morgan fingerprint density at radius 1 is 1.37 bits per heavy atom. The SMILES string of the molecule is CCC(=O)C(C)NC(=O)c1cc(C)cc([N+](=O)[O-])c1. The number of ketones is 1. The van der Waals surface area contributed by atoms with Gasteiger partial charge in [0.1, 0.15) is 0 Å². The van der Waals surface area contributed by atoms with Gasteiger partial charge < -0.3 is 5.32 Å². The number of hydrogen-bond acceptors (Lipinski definition) is 4. The van der Waals surface area contributed by atoms with Gasteiger partial charge in [-0.1, -0.05) is 6.92 Å². The van der Waals surface area contributed by atoms with Crippen LogP contribution >= 0.6 is 0 Å². The third kappa shape index (κ3) is 3.87. The minimum absolute atomic E-state index is 0.0875. The Hall–Kier alpha value is -2.24. The average Bonchev–Trinajstić information content (AvgIpc) is 2.36. The highest BCUT2D eigenvalue weighted by Gasteiger charge is 2.17. The molecular formula is C13H16N2O4. The summed E-state index contributed by atoms with van der Waals surface area (Å²) in [6, 6.07) is 3.53. The molecule has 0 aromatic heterocycles. The summed E-state index contributed by atoms with van der Waals surface area (Å²) in [5, 5.41) is 13.3. The predicted octanol–water partition coefficient (Wildman–Crippen LogP) is 2.00. The summed E-state index contributed by atoms with van der Waals surface area (Å²) in [7, 11) is 0.